The van der Waals surface area contributed by atoms with Crippen LogP contribution in [-0.2, 0) is 0 Å². The molecule has 1 aliphatic rings. The van der Waals surface area contributed by atoms with Gasteiger partial charge < -0.3 is 15.5 Å². The predicted molar refractivity (Wildman–Crippen MR) is 93.2 cm³/mol. The Morgan fingerprint density at radius 1 is 1.00 bits per heavy atom. The number of nitrogens with two attached hydrogens (primary N) is 1. The van der Waals surface area contributed by atoms with Gasteiger partial charge in [-0.15, -0.1) is 0 Å². The highest BCUT2D eigenvalue weighted by Crippen LogP contribution is 2.20. The average Bonchev–Trinajstić information content (AvgIpc) is 2.54. The van der Waals surface area contributed by atoms with Gasteiger partial charge in [0.05, 0.1) is 0 Å². The van der Waals surface area contributed by atoms with E-state index in [2.05, 4.69) is 9.88 Å². The summed E-state index contributed by atoms with van der Waals surface area (Å²) < 4.78 is 0. The molecule has 2 aromatic rings. The number of anilines is 2. The number of nitrogen functional groups attached to an aromatic ring is 1. The number of carbonyl (C=O) groups excluding carboxylic acids is 1. The van der Waals surface area contributed by atoms with Crippen molar-refractivity contribution in [3.8, 4) is 0 Å². The highest BCUT2D eigenvalue weighted by atomic mass is 35.5. The van der Waals surface area contributed by atoms with Crippen molar-refractivity contribution in [3.05, 3.63) is 52.3 Å². The molecule has 5 nitrogen and oxygen atoms in total. The first-order valence-corrected chi connectivity index (χ1v) is 8.01. The molecule has 0 radical (unpaired) electrons. The minimum atomic E-state index is -0.0758. The molecule has 3 rings (SSSR count). The maximum atomic E-state index is 12.5. The smallest absolute Gasteiger partial charge is 0.254 e. The fourth-order valence-electron chi connectivity index (χ4n) is 2.62. The van der Waals surface area contributed by atoms with Crippen molar-refractivity contribution in [3.63, 3.8) is 0 Å². The normalized spacial score (nSPS) is 14.9. The molecule has 0 aliphatic carbocycles. The lowest BCUT2D eigenvalue weighted by Crippen LogP contribution is -2.48. The van der Waals surface area contributed by atoms with E-state index >= 15 is 0 Å². The van der Waals surface area contributed by atoms with E-state index in [1.165, 1.54) is 0 Å². The third-order valence-electron chi connectivity index (χ3n) is 3.83. The number of aromatic nitrogens is 1. The van der Waals surface area contributed by atoms with E-state index in [1.54, 1.807) is 17.0 Å². The number of carbonyl (C=O) groups is 1. The van der Waals surface area contributed by atoms with Crippen LogP contribution in [-0.4, -0.2) is 42.0 Å². The van der Waals surface area contributed by atoms with Crippen molar-refractivity contribution in [2.24, 2.45) is 0 Å². The lowest BCUT2D eigenvalue weighted by Gasteiger charge is -2.36. The van der Waals surface area contributed by atoms with Crippen molar-refractivity contribution < 1.29 is 4.79 Å². The van der Waals surface area contributed by atoms with Gasteiger partial charge in [0.1, 0.15) is 10.3 Å². The van der Waals surface area contributed by atoms with E-state index in [0.29, 0.717) is 18.7 Å². The summed E-state index contributed by atoms with van der Waals surface area (Å²) in [5.41, 5.74) is 8.03. The highest BCUT2D eigenvalue weighted by Gasteiger charge is 2.23. The molecule has 0 atom stereocenters. The Hall–Kier alpha value is -1.98. The molecule has 1 aliphatic heterocycles. The molecule has 1 amide bonds. The fourth-order valence-corrected chi connectivity index (χ4v) is 3.08. The van der Waals surface area contributed by atoms with Crippen LogP contribution in [0.1, 0.15) is 10.4 Å². The SMILES string of the molecule is Nc1ccc(N2CCN(C(=O)c3cc(Cl)nc(Cl)c3)CC2)cc1. The van der Waals surface area contributed by atoms with Crippen molar-refractivity contribution >= 4 is 40.5 Å². The number of halogens is 2. The van der Waals surface area contributed by atoms with E-state index in [1.807, 2.05) is 24.3 Å². The lowest BCUT2D eigenvalue weighted by molar-refractivity contribution is 0.0746. The molecule has 2 N–H and O–H groups in total. The molecule has 0 spiro atoms. The molecule has 0 unspecified atom stereocenters. The Morgan fingerprint density at radius 3 is 2.13 bits per heavy atom. The molecule has 2 heterocycles. The molecular formula is C16H16Cl2N4O. The zero-order chi connectivity index (χ0) is 16.4. The van der Waals surface area contributed by atoms with Crippen molar-refractivity contribution in [2.75, 3.05) is 36.8 Å². The molecule has 1 fully saturated rings. The maximum absolute atomic E-state index is 12.5. The van der Waals surface area contributed by atoms with Gasteiger partial charge in [0.15, 0.2) is 0 Å². The van der Waals surface area contributed by atoms with Crippen LogP contribution in [0.5, 0.6) is 0 Å². The van der Waals surface area contributed by atoms with Gasteiger partial charge in [-0.3, -0.25) is 4.79 Å². The topological polar surface area (TPSA) is 62.5 Å². The summed E-state index contributed by atoms with van der Waals surface area (Å²) in [6.45, 7) is 2.81. The molecule has 1 aromatic heterocycles. The van der Waals surface area contributed by atoms with Gasteiger partial charge in [-0.25, -0.2) is 4.98 Å². The van der Waals surface area contributed by atoms with E-state index in [-0.39, 0.29) is 16.2 Å². The number of hydrogen-bond acceptors (Lipinski definition) is 4. The predicted octanol–water partition coefficient (Wildman–Crippen LogP) is 2.93. The Morgan fingerprint density at radius 2 is 1.57 bits per heavy atom. The summed E-state index contributed by atoms with van der Waals surface area (Å²) in [5, 5.41) is 0.447. The van der Waals surface area contributed by atoms with Crippen LogP contribution in [0, 0.1) is 0 Å². The van der Waals surface area contributed by atoms with Gasteiger partial charge in [-0.2, -0.15) is 0 Å². The standard InChI is InChI=1S/C16H16Cl2N4O/c17-14-9-11(10-15(18)20-14)16(23)22-7-5-21(6-8-22)13-3-1-12(19)2-4-13/h1-4,9-10H,5-8,19H2. The number of amides is 1. The molecule has 23 heavy (non-hydrogen) atoms. The van der Waals surface area contributed by atoms with Crippen LogP contribution >= 0.6 is 23.2 Å². The molecular weight excluding hydrogens is 335 g/mol. The third-order valence-corrected chi connectivity index (χ3v) is 4.22. The van der Waals surface area contributed by atoms with Crippen molar-refractivity contribution in [1.29, 1.82) is 0 Å². The summed E-state index contributed by atoms with van der Waals surface area (Å²) in [6.07, 6.45) is 0. The van der Waals surface area contributed by atoms with Crippen LogP contribution in [0.25, 0.3) is 0 Å². The van der Waals surface area contributed by atoms with E-state index < -0.39 is 0 Å². The molecule has 0 bridgehead atoms. The summed E-state index contributed by atoms with van der Waals surface area (Å²) >= 11 is 11.7. The summed E-state index contributed by atoms with van der Waals surface area (Å²) in [6, 6.07) is 10.8. The first-order valence-electron chi connectivity index (χ1n) is 7.26. The van der Waals surface area contributed by atoms with Crippen LogP contribution in [0.15, 0.2) is 36.4 Å². The molecule has 1 aromatic carbocycles. The number of nitrogens with zero attached hydrogens (tertiary/aromatic N) is 3. The lowest BCUT2D eigenvalue weighted by atomic mass is 10.2. The largest absolute Gasteiger partial charge is 0.399 e. The summed E-state index contributed by atoms with van der Waals surface area (Å²) in [5.74, 6) is -0.0758. The van der Waals surface area contributed by atoms with Crippen molar-refractivity contribution in [2.45, 2.75) is 0 Å². The molecule has 0 saturated carbocycles. The van der Waals surface area contributed by atoms with E-state index in [0.717, 1.165) is 24.5 Å². The minimum absolute atomic E-state index is 0.0758. The van der Waals surface area contributed by atoms with Crippen LogP contribution in [0.4, 0.5) is 11.4 Å². The second kappa shape index (κ2) is 6.64. The van der Waals surface area contributed by atoms with Crippen LogP contribution < -0.4 is 10.6 Å². The first kappa shape index (κ1) is 15.9. The fraction of sp³-hybridized carbons (Fsp3) is 0.250. The van der Waals surface area contributed by atoms with E-state index in [4.69, 9.17) is 28.9 Å². The number of rotatable bonds is 2. The summed E-state index contributed by atoms with van der Waals surface area (Å²) in [4.78, 5) is 20.4. The highest BCUT2D eigenvalue weighted by molar-refractivity contribution is 6.33. The second-order valence-corrected chi connectivity index (χ2v) is 6.15. The van der Waals surface area contributed by atoms with Gasteiger partial charge >= 0.3 is 0 Å². The average molecular weight is 351 g/mol. The zero-order valence-electron chi connectivity index (χ0n) is 12.4. The number of piperazine rings is 1. The van der Waals surface area contributed by atoms with Gasteiger partial charge in [-0.05, 0) is 36.4 Å². The Balaban J connectivity index is 1.66. The van der Waals surface area contributed by atoms with Gasteiger partial charge in [0.2, 0.25) is 0 Å². The van der Waals surface area contributed by atoms with Crippen molar-refractivity contribution in [1.82, 2.24) is 9.88 Å². The molecule has 120 valence electrons. The molecule has 1 saturated heterocycles. The Kier molecular flexibility index (Phi) is 4.59. The number of benzene rings is 1. The minimum Gasteiger partial charge on any atom is -0.399 e. The zero-order valence-corrected chi connectivity index (χ0v) is 13.9. The first-order chi connectivity index (χ1) is 11.0. The Labute approximate surface area is 144 Å². The third kappa shape index (κ3) is 3.68. The van der Waals surface area contributed by atoms with E-state index in [9.17, 15) is 4.79 Å². The number of hydrogen-bond donors (Lipinski definition) is 1. The van der Waals surface area contributed by atoms with Gasteiger partial charge in [-0.1, -0.05) is 23.2 Å². The maximum Gasteiger partial charge on any atom is 0.254 e. The molecule has 7 heteroatoms. The van der Waals surface area contributed by atoms with Gasteiger partial charge in [0.25, 0.3) is 5.91 Å². The van der Waals surface area contributed by atoms with Crippen LogP contribution in [0.2, 0.25) is 10.3 Å². The summed E-state index contributed by atoms with van der Waals surface area (Å²) in [7, 11) is 0. The monoisotopic (exact) mass is 350 g/mol. The second-order valence-electron chi connectivity index (χ2n) is 5.37. The van der Waals surface area contributed by atoms with Crippen LogP contribution in [0.3, 0.4) is 0 Å². The Bertz CT molecular complexity index is 692. The van der Waals surface area contributed by atoms with Gasteiger partial charge in [0, 0.05) is 43.1 Å². The quantitative estimate of drug-likeness (QED) is 0.668. The number of pyridine rings is 1.